The molecule has 0 radical (unpaired) electrons. The number of carbonyl (C=O) groups excluding carboxylic acids is 1. The van der Waals surface area contributed by atoms with Gasteiger partial charge in [0.25, 0.3) is 0 Å². The number of nitrogens with zero attached hydrogens (tertiary/aromatic N) is 1. The third-order valence-electron chi connectivity index (χ3n) is 1.19. The molecule has 0 saturated carbocycles. The average molecular weight is 173 g/mol. The van der Waals surface area contributed by atoms with Gasteiger partial charge in [0.15, 0.2) is 0 Å². The van der Waals surface area contributed by atoms with Crippen molar-refractivity contribution in [2.24, 2.45) is 4.99 Å². The first kappa shape index (κ1) is 10.3. The fraction of sp³-hybridized carbons (Fsp3) is 0.714. The second kappa shape index (κ2) is 7.38. The van der Waals surface area contributed by atoms with Crippen LogP contribution in [0.5, 0.6) is 0 Å². The highest BCUT2D eigenvalue weighted by Crippen LogP contribution is 1.96. The van der Waals surface area contributed by atoms with Crippen LogP contribution in [0.4, 0.5) is 0 Å². The van der Waals surface area contributed by atoms with Gasteiger partial charge in [-0.3, -0.25) is 4.79 Å². The van der Waals surface area contributed by atoms with Crippen molar-refractivity contribution in [3.63, 3.8) is 0 Å². The third kappa shape index (κ3) is 7.16. The Morgan fingerprint density at radius 1 is 1.64 bits per heavy atom. The molecule has 0 aliphatic carbocycles. The van der Waals surface area contributed by atoms with Crippen LogP contribution >= 0.6 is 12.2 Å². The Balaban J connectivity index is 3.14. The highest BCUT2D eigenvalue weighted by atomic mass is 32.1. The summed E-state index contributed by atoms with van der Waals surface area (Å²) in [7, 11) is 1.39. The highest BCUT2D eigenvalue weighted by Gasteiger charge is 1.97. The van der Waals surface area contributed by atoms with E-state index in [2.05, 4.69) is 27.1 Å². The van der Waals surface area contributed by atoms with E-state index >= 15 is 0 Å². The van der Waals surface area contributed by atoms with Gasteiger partial charge in [0.05, 0.1) is 12.3 Å². The minimum atomic E-state index is -0.170. The van der Waals surface area contributed by atoms with Crippen molar-refractivity contribution in [2.75, 3.05) is 13.7 Å². The Morgan fingerprint density at radius 2 is 2.36 bits per heavy atom. The molecule has 3 nitrogen and oxygen atoms in total. The summed E-state index contributed by atoms with van der Waals surface area (Å²) in [5.41, 5.74) is 0. The lowest BCUT2D eigenvalue weighted by molar-refractivity contribution is -0.140. The van der Waals surface area contributed by atoms with Crippen LogP contribution < -0.4 is 0 Å². The third-order valence-corrected chi connectivity index (χ3v) is 1.32. The van der Waals surface area contributed by atoms with E-state index in [1.165, 1.54) is 7.11 Å². The fourth-order valence-electron chi connectivity index (χ4n) is 0.608. The Kier molecular flexibility index (Phi) is 6.89. The number of isothiocyanates is 1. The molecule has 0 fully saturated rings. The molecule has 0 rings (SSSR count). The molecule has 0 aromatic rings. The molecule has 62 valence electrons. The molecule has 0 spiro atoms. The first-order valence-corrected chi connectivity index (χ1v) is 3.82. The molecule has 0 amide bonds. The zero-order valence-corrected chi connectivity index (χ0v) is 7.32. The second-order valence-corrected chi connectivity index (χ2v) is 2.19. The number of rotatable bonds is 5. The van der Waals surface area contributed by atoms with Crippen molar-refractivity contribution in [3.8, 4) is 0 Å². The molecule has 0 saturated heterocycles. The lowest BCUT2D eigenvalue weighted by Crippen LogP contribution is -1.99. The molecular weight excluding hydrogens is 162 g/mol. The van der Waals surface area contributed by atoms with Crippen molar-refractivity contribution < 1.29 is 9.53 Å². The van der Waals surface area contributed by atoms with E-state index in [4.69, 9.17) is 0 Å². The number of aliphatic imine (C=N–C) groups is 1. The SMILES string of the molecule is COC(=O)CCCCN=C=S. The number of unbranched alkanes of at least 4 members (excludes halogenated alkanes) is 1. The number of thiocarbonyl (C=S) groups is 1. The molecule has 0 aromatic heterocycles. The Bertz CT molecular complexity index is 164. The fourth-order valence-corrected chi connectivity index (χ4v) is 0.699. The Hall–Kier alpha value is -0.730. The Morgan fingerprint density at radius 3 is 2.91 bits per heavy atom. The summed E-state index contributed by atoms with van der Waals surface area (Å²) in [6.07, 6.45) is 2.12. The van der Waals surface area contributed by atoms with Crippen molar-refractivity contribution in [2.45, 2.75) is 19.3 Å². The standard InChI is InChI=1S/C7H11NO2S/c1-10-7(9)4-2-3-5-8-6-11/h2-5H2,1H3. The number of hydrogen-bond donors (Lipinski definition) is 0. The summed E-state index contributed by atoms with van der Waals surface area (Å²) in [4.78, 5) is 14.3. The van der Waals surface area contributed by atoms with Crippen LogP contribution in [0.1, 0.15) is 19.3 Å². The quantitative estimate of drug-likeness (QED) is 0.273. The largest absolute Gasteiger partial charge is 0.469 e. The molecule has 0 bridgehead atoms. The number of esters is 1. The zero-order chi connectivity index (χ0) is 8.53. The normalized spacial score (nSPS) is 8.45. The van der Waals surface area contributed by atoms with E-state index < -0.39 is 0 Å². The molecule has 4 heteroatoms. The molecule has 0 N–H and O–H groups in total. The van der Waals surface area contributed by atoms with Gasteiger partial charge in [0.1, 0.15) is 0 Å². The van der Waals surface area contributed by atoms with Gasteiger partial charge >= 0.3 is 5.97 Å². The number of ether oxygens (including phenoxy) is 1. The van der Waals surface area contributed by atoms with Crippen molar-refractivity contribution >= 4 is 23.3 Å². The maximum atomic E-state index is 10.6. The number of carbonyl (C=O) groups is 1. The van der Waals surface area contributed by atoms with Gasteiger partial charge in [0.2, 0.25) is 0 Å². The van der Waals surface area contributed by atoms with Crippen LogP contribution in [0.15, 0.2) is 4.99 Å². The van der Waals surface area contributed by atoms with Gasteiger partial charge in [-0.25, -0.2) is 4.99 Å². The first-order chi connectivity index (χ1) is 5.31. The van der Waals surface area contributed by atoms with Crippen LogP contribution in [-0.2, 0) is 9.53 Å². The topological polar surface area (TPSA) is 38.7 Å². The van der Waals surface area contributed by atoms with E-state index in [0.29, 0.717) is 13.0 Å². The van der Waals surface area contributed by atoms with Gasteiger partial charge < -0.3 is 4.74 Å². The van der Waals surface area contributed by atoms with Crippen LogP contribution in [0.2, 0.25) is 0 Å². The second-order valence-electron chi connectivity index (χ2n) is 2.01. The van der Waals surface area contributed by atoms with Gasteiger partial charge in [-0.2, -0.15) is 0 Å². The summed E-state index contributed by atoms with van der Waals surface area (Å²) in [6.45, 7) is 0.653. The number of hydrogen-bond acceptors (Lipinski definition) is 4. The van der Waals surface area contributed by atoms with Crippen molar-refractivity contribution in [1.29, 1.82) is 0 Å². The average Bonchev–Trinajstić information content (AvgIpc) is 2.04. The maximum absolute atomic E-state index is 10.6. The summed E-state index contributed by atoms with van der Waals surface area (Å²) in [5.74, 6) is -0.170. The van der Waals surface area contributed by atoms with Gasteiger partial charge in [-0.1, -0.05) is 0 Å². The lowest BCUT2D eigenvalue weighted by atomic mass is 10.2. The van der Waals surface area contributed by atoms with Gasteiger partial charge in [-0.15, -0.1) is 0 Å². The van der Waals surface area contributed by atoms with Crippen LogP contribution in [0, 0.1) is 0 Å². The summed E-state index contributed by atoms with van der Waals surface area (Å²) >= 11 is 4.37. The molecule has 0 atom stereocenters. The minimum absolute atomic E-state index is 0.170. The predicted molar refractivity (Wildman–Crippen MR) is 45.8 cm³/mol. The molecule has 11 heavy (non-hydrogen) atoms. The Labute approximate surface area is 71.5 Å². The zero-order valence-electron chi connectivity index (χ0n) is 6.50. The van der Waals surface area contributed by atoms with Gasteiger partial charge in [0, 0.05) is 13.0 Å². The summed E-state index contributed by atoms with van der Waals surface area (Å²) < 4.78 is 4.45. The molecule has 0 aliphatic rings. The molecule has 0 aromatic carbocycles. The first-order valence-electron chi connectivity index (χ1n) is 3.41. The molecule has 0 heterocycles. The van der Waals surface area contributed by atoms with E-state index in [1.807, 2.05) is 0 Å². The van der Waals surface area contributed by atoms with Crippen molar-refractivity contribution in [3.05, 3.63) is 0 Å². The molecule has 0 aliphatic heterocycles. The van der Waals surface area contributed by atoms with Crippen LogP contribution in [-0.4, -0.2) is 24.8 Å². The number of methoxy groups -OCH3 is 1. The lowest BCUT2D eigenvalue weighted by Gasteiger charge is -1.95. The van der Waals surface area contributed by atoms with E-state index in [1.54, 1.807) is 0 Å². The maximum Gasteiger partial charge on any atom is 0.305 e. The summed E-state index contributed by atoms with van der Waals surface area (Å²) in [6, 6.07) is 0. The molecule has 0 unspecified atom stereocenters. The monoisotopic (exact) mass is 173 g/mol. The van der Waals surface area contributed by atoms with Crippen molar-refractivity contribution in [1.82, 2.24) is 0 Å². The molecular formula is C7H11NO2S. The smallest absolute Gasteiger partial charge is 0.305 e. The summed E-state index contributed by atoms with van der Waals surface area (Å²) in [5, 5.41) is 2.26. The predicted octanol–water partition coefficient (Wildman–Crippen LogP) is 1.43. The van der Waals surface area contributed by atoms with E-state index in [0.717, 1.165) is 12.8 Å². The van der Waals surface area contributed by atoms with E-state index in [9.17, 15) is 4.79 Å². The highest BCUT2D eigenvalue weighted by molar-refractivity contribution is 7.78. The van der Waals surface area contributed by atoms with Crippen LogP contribution in [0.3, 0.4) is 0 Å². The minimum Gasteiger partial charge on any atom is -0.469 e. The van der Waals surface area contributed by atoms with Gasteiger partial charge in [-0.05, 0) is 25.1 Å². The van der Waals surface area contributed by atoms with E-state index in [-0.39, 0.29) is 5.97 Å². The van der Waals surface area contributed by atoms with Crippen LogP contribution in [0.25, 0.3) is 0 Å².